The smallest absolute Gasteiger partial charge is 0.308 e. The Morgan fingerprint density at radius 1 is 1.21 bits per heavy atom. The number of hydrogen-bond acceptors (Lipinski definition) is 5. The summed E-state index contributed by atoms with van der Waals surface area (Å²) in [6, 6.07) is 5.89. The second kappa shape index (κ2) is 7.71. The normalized spacial score (nSPS) is 11.5. The average molecular weight is 394 g/mol. The third-order valence-electron chi connectivity index (χ3n) is 3.86. The molecule has 0 aliphatic carbocycles. The molecule has 0 atom stereocenters. The number of hydrogen-bond donors (Lipinski definition) is 1. The third-order valence-corrected chi connectivity index (χ3v) is 3.86. The molecule has 0 fully saturated rings. The highest BCUT2D eigenvalue weighted by atomic mass is 19.4. The molecule has 146 valence electrons. The van der Waals surface area contributed by atoms with Gasteiger partial charge in [0, 0.05) is 23.9 Å². The summed E-state index contributed by atoms with van der Waals surface area (Å²) < 4.78 is 52.1. The quantitative estimate of drug-likeness (QED) is 0.671. The molecule has 7 nitrogen and oxygen atoms in total. The average Bonchev–Trinajstić information content (AvgIpc) is 3.19. The molecule has 2 heterocycles. The highest BCUT2D eigenvalue weighted by Gasteiger charge is 2.32. The van der Waals surface area contributed by atoms with Crippen molar-refractivity contribution in [2.75, 3.05) is 4.90 Å². The number of pyridine rings is 1. The van der Waals surface area contributed by atoms with Gasteiger partial charge in [0.15, 0.2) is 0 Å². The molecule has 0 aliphatic heterocycles. The topological polar surface area (TPSA) is 87.7 Å². The van der Waals surface area contributed by atoms with Crippen LogP contribution in [0.3, 0.4) is 0 Å². The first-order chi connectivity index (χ1) is 13.3. The summed E-state index contributed by atoms with van der Waals surface area (Å²) in [5.41, 5.74) is -0.162. The molecule has 11 heteroatoms. The van der Waals surface area contributed by atoms with Crippen LogP contribution in [-0.2, 0) is 17.5 Å². The van der Waals surface area contributed by atoms with Gasteiger partial charge < -0.3 is 4.90 Å². The van der Waals surface area contributed by atoms with Crippen molar-refractivity contribution in [3.63, 3.8) is 0 Å². The van der Waals surface area contributed by atoms with E-state index in [0.717, 1.165) is 18.3 Å². The lowest BCUT2D eigenvalue weighted by atomic mass is 10.1. The van der Waals surface area contributed by atoms with Crippen LogP contribution in [0.2, 0.25) is 0 Å². The van der Waals surface area contributed by atoms with Crippen LogP contribution in [0, 0.1) is 5.82 Å². The molecule has 28 heavy (non-hydrogen) atoms. The zero-order valence-electron chi connectivity index (χ0n) is 14.5. The predicted molar refractivity (Wildman–Crippen MR) is 90.3 cm³/mol. The van der Waals surface area contributed by atoms with E-state index in [1.165, 1.54) is 23.1 Å². The van der Waals surface area contributed by atoms with Crippen LogP contribution in [0.25, 0.3) is 11.4 Å². The maximum absolute atomic E-state index is 14.1. The molecule has 0 saturated heterocycles. The summed E-state index contributed by atoms with van der Waals surface area (Å²) in [5, 5.41) is 13.2. The Labute approximate surface area is 156 Å². The van der Waals surface area contributed by atoms with Crippen LogP contribution in [0.4, 0.5) is 23.2 Å². The van der Waals surface area contributed by atoms with Gasteiger partial charge in [-0.15, -0.1) is 10.2 Å². The molecule has 2 aromatic heterocycles. The van der Waals surface area contributed by atoms with Gasteiger partial charge in [-0.2, -0.15) is 18.4 Å². The molecule has 0 aliphatic rings. The van der Waals surface area contributed by atoms with Crippen LogP contribution >= 0.6 is 0 Å². The van der Waals surface area contributed by atoms with Crippen LogP contribution in [0.1, 0.15) is 24.6 Å². The lowest BCUT2D eigenvalue weighted by molar-refractivity contribution is -0.141. The van der Waals surface area contributed by atoms with E-state index in [1.54, 1.807) is 6.92 Å². The van der Waals surface area contributed by atoms with Gasteiger partial charge in [-0.25, -0.2) is 4.39 Å². The van der Waals surface area contributed by atoms with E-state index in [4.69, 9.17) is 0 Å². The summed E-state index contributed by atoms with van der Waals surface area (Å²) in [4.78, 5) is 17.1. The summed E-state index contributed by atoms with van der Waals surface area (Å²) in [5.74, 6) is -0.831. The van der Waals surface area contributed by atoms with Gasteiger partial charge in [-0.05, 0) is 35.0 Å². The summed E-state index contributed by atoms with van der Waals surface area (Å²) >= 11 is 0. The molecule has 3 rings (SSSR count). The van der Waals surface area contributed by atoms with Crippen molar-refractivity contribution >= 4 is 11.6 Å². The molecule has 1 aromatic carbocycles. The van der Waals surface area contributed by atoms with Gasteiger partial charge in [-0.1, -0.05) is 13.0 Å². The number of amides is 1. The molecule has 0 radical (unpaired) electrons. The van der Waals surface area contributed by atoms with Gasteiger partial charge in [-0.3, -0.25) is 9.78 Å². The number of alkyl halides is 3. The number of rotatable bonds is 5. The number of aromatic amines is 1. The number of carbonyl (C=O) groups excluding carboxylic acids is 1. The van der Waals surface area contributed by atoms with Crippen molar-refractivity contribution in [1.82, 2.24) is 25.6 Å². The minimum atomic E-state index is -4.56. The first kappa shape index (κ1) is 19.4. The van der Waals surface area contributed by atoms with Gasteiger partial charge >= 0.3 is 6.18 Å². The zero-order chi connectivity index (χ0) is 20.3. The summed E-state index contributed by atoms with van der Waals surface area (Å²) in [6.07, 6.45) is -3.40. The predicted octanol–water partition coefficient (Wildman–Crippen LogP) is 3.36. The molecular weight excluding hydrogens is 380 g/mol. The second-order valence-corrected chi connectivity index (χ2v) is 5.82. The minimum Gasteiger partial charge on any atom is -0.308 e. The van der Waals surface area contributed by atoms with Crippen LogP contribution in [0.15, 0.2) is 36.5 Å². The first-order valence-electron chi connectivity index (χ1n) is 8.15. The number of nitrogens with one attached hydrogen (secondary N) is 1. The lowest BCUT2D eigenvalue weighted by Crippen LogP contribution is -2.30. The Balaban J connectivity index is 1.94. The van der Waals surface area contributed by atoms with E-state index in [0.29, 0.717) is 11.1 Å². The molecule has 1 amide bonds. The van der Waals surface area contributed by atoms with Crippen molar-refractivity contribution in [2.45, 2.75) is 26.1 Å². The Morgan fingerprint density at radius 3 is 2.57 bits per heavy atom. The number of nitrogens with zero attached hydrogens (tertiary/aromatic N) is 5. The van der Waals surface area contributed by atoms with E-state index in [9.17, 15) is 22.4 Å². The number of tetrazole rings is 1. The van der Waals surface area contributed by atoms with Crippen molar-refractivity contribution in [3.8, 4) is 11.4 Å². The van der Waals surface area contributed by atoms with Crippen molar-refractivity contribution in [1.29, 1.82) is 0 Å². The standard InChI is InChI=1S/C17H14F4N6O/c1-2-15(28)27(9-10-3-4-14(22-8-10)17(19,20)21)13-6-11(5-12(18)7-13)16-23-25-26-24-16/h3-8H,2,9H2,1H3,(H,23,24,25,26). The van der Waals surface area contributed by atoms with Gasteiger partial charge in [0.25, 0.3) is 0 Å². The van der Waals surface area contributed by atoms with Gasteiger partial charge in [0.05, 0.1) is 6.54 Å². The monoisotopic (exact) mass is 394 g/mol. The van der Waals surface area contributed by atoms with Crippen molar-refractivity contribution in [2.24, 2.45) is 0 Å². The fourth-order valence-electron chi connectivity index (χ4n) is 2.53. The minimum absolute atomic E-state index is 0.0764. The van der Waals surface area contributed by atoms with E-state index in [-0.39, 0.29) is 30.4 Å². The fraction of sp³-hybridized carbons (Fsp3) is 0.235. The number of halogens is 4. The van der Waals surface area contributed by atoms with Crippen LogP contribution < -0.4 is 4.90 Å². The zero-order valence-corrected chi connectivity index (χ0v) is 14.5. The highest BCUT2D eigenvalue weighted by molar-refractivity contribution is 5.93. The van der Waals surface area contributed by atoms with E-state index in [2.05, 4.69) is 25.6 Å². The first-order valence-corrected chi connectivity index (χ1v) is 8.15. The van der Waals surface area contributed by atoms with Crippen LogP contribution in [0.5, 0.6) is 0 Å². The lowest BCUT2D eigenvalue weighted by Gasteiger charge is -2.23. The number of benzene rings is 1. The largest absolute Gasteiger partial charge is 0.433 e. The Kier molecular flexibility index (Phi) is 5.34. The molecule has 0 spiro atoms. The number of H-pyrrole nitrogens is 1. The SMILES string of the molecule is CCC(=O)N(Cc1ccc(C(F)(F)F)nc1)c1cc(F)cc(-c2nn[nH]n2)c1. The molecule has 0 saturated carbocycles. The molecule has 3 aromatic rings. The molecule has 0 unspecified atom stereocenters. The Morgan fingerprint density at radius 2 is 2.00 bits per heavy atom. The van der Waals surface area contributed by atoms with Crippen LogP contribution in [-0.4, -0.2) is 31.5 Å². The Bertz CT molecular complexity index is 957. The van der Waals surface area contributed by atoms with E-state index >= 15 is 0 Å². The van der Waals surface area contributed by atoms with E-state index < -0.39 is 17.7 Å². The van der Waals surface area contributed by atoms with Crippen molar-refractivity contribution < 1.29 is 22.4 Å². The number of aromatic nitrogens is 5. The Hall–Kier alpha value is -3.37. The second-order valence-electron chi connectivity index (χ2n) is 5.82. The fourth-order valence-corrected chi connectivity index (χ4v) is 2.53. The maximum atomic E-state index is 14.1. The summed E-state index contributed by atoms with van der Waals surface area (Å²) in [7, 11) is 0. The summed E-state index contributed by atoms with van der Waals surface area (Å²) in [6.45, 7) is 1.55. The highest BCUT2D eigenvalue weighted by Crippen LogP contribution is 2.28. The third kappa shape index (κ3) is 4.30. The van der Waals surface area contributed by atoms with Crippen molar-refractivity contribution in [3.05, 3.63) is 53.6 Å². The molecular formula is C17H14F4N6O. The molecule has 0 bridgehead atoms. The van der Waals surface area contributed by atoms with E-state index in [1.807, 2.05) is 0 Å². The molecule has 1 N–H and O–H groups in total. The van der Waals surface area contributed by atoms with Gasteiger partial charge in [0.1, 0.15) is 11.5 Å². The number of carbonyl (C=O) groups is 1. The number of anilines is 1. The maximum Gasteiger partial charge on any atom is 0.433 e. The van der Waals surface area contributed by atoms with Gasteiger partial charge in [0.2, 0.25) is 11.7 Å².